The van der Waals surface area contributed by atoms with E-state index in [1.165, 1.54) is 16.7 Å². The lowest BCUT2D eigenvalue weighted by Crippen LogP contribution is -2.00. The highest BCUT2D eigenvalue weighted by atomic mass is 35.5. The molecule has 0 bridgehead atoms. The predicted octanol–water partition coefficient (Wildman–Crippen LogP) is 7.43. The summed E-state index contributed by atoms with van der Waals surface area (Å²) in [4.78, 5) is 11.6. The van der Waals surface area contributed by atoms with Crippen LogP contribution in [0.1, 0.15) is 33.5 Å². The third-order valence-electron chi connectivity index (χ3n) is 4.92. The van der Waals surface area contributed by atoms with Gasteiger partial charge in [0.2, 0.25) is 0 Å². The van der Waals surface area contributed by atoms with Crippen LogP contribution in [-0.4, -0.2) is 24.9 Å². The summed E-state index contributed by atoms with van der Waals surface area (Å²) in [6, 6.07) is 20.1. The van der Waals surface area contributed by atoms with E-state index in [1.54, 1.807) is 17.8 Å². The molecule has 4 heteroatoms. The maximum Gasteiger partial charge on any atom is 0.150 e. The molecule has 30 heavy (non-hydrogen) atoms. The minimum absolute atomic E-state index is 0.459. The van der Waals surface area contributed by atoms with Crippen molar-refractivity contribution in [1.82, 2.24) is 0 Å². The Kier molecular flexibility index (Phi) is 8.18. The number of hydrogen-bond acceptors (Lipinski definition) is 3. The Bertz CT molecular complexity index is 1030. The minimum atomic E-state index is 0.459. The maximum atomic E-state index is 11.6. The third-order valence-corrected chi connectivity index (χ3v) is 5.91. The van der Waals surface area contributed by atoms with Gasteiger partial charge in [-0.3, -0.25) is 4.79 Å². The molecular weight excluding hydrogens is 412 g/mol. The van der Waals surface area contributed by atoms with Crippen molar-refractivity contribution in [2.75, 3.05) is 18.6 Å². The van der Waals surface area contributed by atoms with Crippen molar-refractivity contribution in [3.8, 4) is 16.9 Å². The van der Waals surface area contributed by atoms with Crippen molar-refractivity contribution >= 4 is 41.8 Å². The standard InChI is InChI=1S/C26H25ClO2S/c1-19-20(10-6-11-24(19)21-8-4-3-5-9-21)12-13-22-17-26(29-14-7-15-30-2)25(27)16-23(22)18-28/h3-6,8-13,16-18H,7,14-15H2,1-2H3/b13-12+. The molecule has 0 saturated heterocycles. The lowest BCUT2D eigenvalue weighted by atomic mass is 9.95. The Morgan fingerprint density at radius 3 is 2.47 bits per heavy atom. The quantitative estimate of drug-likeness (QED) is 0.198. The molecule has 0 aliphatic carbocycles. The summed E-state index contributed by atoms with van der Waals surface area (Å²) in [5.41, 5.74) is 6.01. The van der Waals surface area contributed by atoms with Crippen LogP contribution in [0.15, 0.2) is 60.7 Å². The number of thioether (sulfide) groups is 1. The zero-order chi connectivity index (χ0) is 21.3. The van der Waals surface area contributed by atoms with E-state index in [9.17, 15) is 4.79 Å². The van der Waals surface area contributed by atoms with Gasteiger partial charge in [0.1, 0.15) is 5.75 Å². The SMILES string of the molecule is CSCCCOc1cc(/C=C/c2cccc(-c3ccccc3)c2C)c(C=O)cc1Cl. The van der Waals surface area contributed by atoms with Crippen molar-refractivity contribution in [3.05, 3.63) is 87.9 Å². The predicted molar refractivity (Wildman–Crippen MR) is 131 cm³/mol. The van der Waals surface area contributed by atoms with Gasteiger partial charge in [0.25, 0.3) is 0 Å². The minimum Gasteiger partial charge on any atom is -0.492 e. The molecule has 3 aromatic rings. The first kappa shape index (κ1) is 22.2. The average Bonchev–Trinajstić information content (AvgIpc) is 2.77. The molecule has 0 N–H and O–H groups in total. The second-order valence-electron chi connectivity index (χ2n) is 6.94. The van der Waals surface area contributed by atoms with Crippen LogP contribution in [0.4, 0.5) is 0 Å². The highest BCUT2D eigenvalue weighted by Gasteiger charge is 2.09. The fourth-order valence-corrected chi connectivity index (χ4v) is 3.90. The average molecular weight is 437 g/mol. The fraction of sp³-hybridized carbons (Fsp3) is 0.192. The van der Waals surface area contributed by atoms with Gasteiger partial charge >= 0.3 is 0 Å². The van der Waals surface area contributed by atoms with Crippen LogP contribution >= 0.6 is 23.4 Å². The van der Waals surface area contributed by atoms with Crippen molar-refractivity contribution in [2.45, 2.75) is 13.3 Å². The monoisotopic (exact) mass is 436 g/mol. The van der Waals surface area contributed by atoms with E-state index in [-0.39, 0.29) is 0 Å². The summed E-state index contributed by atoms with van der Waals surface area (Å²) in [6.45, 7) is 2.72. The number of carbonyl (C=O) groups is 1. The third kappa shape index (κ3) is 5.56. The highest BCUT2D eigenvalue weighted by Crippen LogP contribution is 2.30. The summed E-state index contributed by atoms with van der Waals surface area (Å²) in [6.07, 6.45) is 7.84. The molecule has 2 nitrogen and oxygen atoms in total. The topological polar surface area (TPSA) is 26.3 Å². The first-order chi connectivity index (χ1) is 14.6. The van der Waals surface area contributed by atoms with E-state index in [0.717, 1.165) is 29.6 Å². The zero-order valence-corrected chi connectivity index (χ0v) is 18.8. The number of rotatable bonds is 9. The van der Waals surface area contributed by atoms with Crippen molar-refractivity contribution in [3.63, 3.8) is 0 Å². The van der Waals surface area contributed by atoms with Gasteiger partial charge < -0.3 is 4.74 Å². The number of aldehydes is 1. The molecule has 0 radical (unpaired) electrons. The number of halogens is 1. The zero-order valence-electron chi connectivity index (χ0n) is 17.2. The Balaban J connectivity index is 1.89. The van der Waals surface area contributed by atoms with Crippen LogP contribution in [-0.2, 0) is 0 Å². The van der Waals surface area contributed by atoms with E-state index in [4.69, 9.17) is 16.3 Å². The largest absolute Gasteiger partial charge is 0.492 e. The summed E-state index contributed by atoms with van der Waals surface area (Å²) >= 11 is 8.10. The summed E-state index contributed by atoms with van der Waals surface area (Å²) in [7, 11) is 0. The van der Waals surface area contributed by atoms with Crippen LogP contribution in [0, 0.1) is 6.92 Å². The van der Waals surface area contributed by atoms with Crippen LogP contribution in [0.25, 0.3) is 23.3 Å². The van der Waals surface area contributed by atoms with E-state index in [0.29, 0.717) is 22.9 Å². The Labute approximate surface area is 187 Å². The molecule has 0 heterocycles. The molecule has 0 spiro atoms. The number of ether oxygens (including phenoxy) is 1. The second-order valence-corrected chi connectivity index (χ2v) is 8.34. The second kappa shape index (κ2) is 11.1. The van der Waals surface area contributed by atoms with Crippen LogP contribution in [0.5, 0.6) is 5.75 Å². The Hall–Kier alpha value is -2.49. The lowest BCUT2D eigenvalue weighted by Gasteiger charge is -2.11. The summed E-state index contributed by atoms with van der Waals surface area (Å²) in [5.74, 6) is 1.64. The van der Waals surface area contributed by atoms with Gasteiger partial charge in [-0.15, -0.1) is 0 Å². The molecule has 0 saturated carbocycles. The number of benzene rings is 3. The molecule has 154 valence electrons. The summed E-state index contributed by atoms with van der Waals surface area (Å²) in [5, 5.41) is 0.459. The van der Waals surface area contributed by atoms with Gasteiger partial charge in [-0.1, -0.05) is 72.3 Å². The molecular formula is C26H25ClO2S. The molecule has 0 fully saturated rings. The van der Waals surface area contributed by atoms with Crippen LogP contribution in [0.2, 0.25) is 5.02 Å². The smallest absolute Gasteiger partial charge is 0.150 e. The molecule has 0 aromatic heterocycles. The van der Waals surface area contributed by atoms with E-state index >= 15 is 0 Å². The first-order valence-corrected chi connectivity index (χ1v) is 11.6. The van der Waals surface area contributed by atoms with E-state index < -0.39 is 0 Å². The number of hydrogen-bond donors (Lipinski definition) is 0. The van der Waals surface area contributed by atoms with Gasteiger partial charge in [-0.2, -0.15) is 11.8 Å². The molecule has 3 rings (SSSR count). The highest BCUT2D eigenvalue weighted by molar-refractivity contribution is 7.98. The first-order valence-electron chi connectivity index (χ1n) is 9.87. The Morgan fingerprint density at radius 1 is 0.967 bits per heavy atom. The molecule has 0 aliphatic heterocycles. The van der Waals surface area contributed by atoms with Gasteiger partial charge in [0.15, 0.2) is 6.29 Å². The van der Waals surface area contributed by atoms with Crippen LogP contribution in [0.3, 0.4) is 0 Å². The maximum absolute atomic E-state index is 11.6. The van der Waals surface area contributed by atoms with Gasteiger partial charge in [0.05, 0.1) is 11.6 Å². The van der Waals surface area contributed by atoms with E-state index in [2.05, 4.69) is 43.5 Å². The summed E-state index contributed by atoms with van der Waals surface area (Å²) < 4.78 is 5.84. The van der Waals surface area contributed by atoms with Crippen molar-refractivity contribution in [1.29, 1.82) is 0 Å². The van der Waals surface area contributed by atoms with Gasteiger partial charge in [0, 0.05) is 5.56 Å². The molecule has 0 unspecified atom stereocenters. The van der Waals surface area contributed by atoms with E-state index in [1.807, 2.05) is 36.4 Å². The van der Waals surface area contributed by atoms with Crippen molar-refractivity contribution in [2.24, 2.45) is 0 Å². The normalized spacial score (nSPS) is 11.0. The molecule has 3 aromatic carbocycles. The fourth-order valence-electron chi connectivity index (χ4n) is 3.27. The van der Waals surface area contributed by atoms with Gasteiger partial charge in [-0.25, -0.2) is 0 Å². The van der Waals surface area contributed by atoms with Crippen LogP contribution < -0.4 is 4.74 Å². The molecule has 0 amide bonds. The van der Waals surface area contributed by atoms with Crippen molar-refractivity contribution < 1.29 is 9.53 Å². The lowest BCUT2D eigenvalue weighted by molar-refractivity contribution is 0.112. The number of carbonyl (C=O) groups excluding carboxylic acids is 1. The molecule has 0 atom stereocenters. The molecule has 0 aliphatic rings. The van der Waals surface area contributed by atoms with Gasteiger partial charge in [-0.05, 0) is 65.3 Å². The Morgan fingerprint density at radius 2 is 1.73 bits per heavy atom.